The van der Waals surface area contributed by atoms with E-state index in [-0.39, 0.29) is 11.7 Å². The number of carboxylic acids is 1. The van der Waals surface area contributed by atoms with Crippen molar-refractivity contribution in [1.82, 2.24) is 4.98 Å². The third-order valence-electron chi connectivity index (χ3n) is 1.96. The Balaban J connectivity index is 2.58. The highest BCUT2D eigenvalue weighted by Crippen LogP contribution is 2.30. The van der Waals surface area contributed by atoms with Gasteiger partial charge in [0.1, 0.15) is 0 Å². The van der Waals surface area contributed by atoms with Crippen LogP contribution in [0, 0.1) is 0 Å². The zero-order valence-electron chi connectivity index (χ0n) is 8.01. The van der Waals surface area contributed by atoms with E-state index in [2.05, 4.69) is 4.98 Å². The second kappa shape index (κ2) is 5.65. The minimum Gasteiger partial charge on any atom is -0.481 e. The van der Waals surface area contributed by atoms with Gasteiger partial charge in [0.25, 0.3) is 0 Å². The molecule has 76 valence electrons. The Morgan fingerprint density at radius 1 is 1.71 bits per heavy atom. The number of thioether (sulfide) groups is 1. The number of aliphatic carboxylic acids is 1. The summed E-state index contributed by atoms with van der Waals surface area (Å²) in [5, 5.41) is 8.82. The summed E-state index contributed by atoms with van der Waals surface area (Å²) in [4.78, 5) is 14.4. The van der Waals surface area contributed by atoms with Crippen molar-refractivity contribution in [3.63, 3.8) is 0 Å². The Morgan fingerprint density at radius 3 is 3.00 bits per heavy atom. The highest BCUT2D eigenvalue weighted by Gasteiger charge is 2.11. The van der Waals surface area contributed by atoms with Crippen molar-refractivity contribution in [2.24, 2.45) is 0 Å². The molecular formula is C10H13NO2S. The third-order valence-corrected chi connectivity index (χ3v) is 3.04. The van der Waals surface area contributed by atoms with Crippen LogP contribution in [0.4, 0.5) is 0 Å². The predicted molar refractivity (Wildman–Crippen MR) is 57.4 cm³/mol. The summed E-state index contributed by atoms with van der Waals surface area (Å²) in [6, 6.07) is 3.86. The van der Waals surface area contributed by atoms with Crippen LogP contribution in [0.15, 0.2) is 24.5 Å². The first-order valence-electron chi connectivity index (χ1n) is 4.38. The van der Waals surface area contributed by atoms with Gasteiger partial charge in [0.05, 0.1) is 0 Å². The molecule has 0 saturated carbocycles. The summed E-state index contributed by atoms with van der Waals surface area (Å²) in [6.07, 6.45) is 6.36. The molecule has 4 heteroatoms. The van der Waals surface area contributed by atoms with Gasteiger partial charge in [0.2, 0.25) is 0 Å². The van der Waals surface area contributed by atoms with Crippen LogP contribution in [0.5, 0.6) is 0 Å². The molecule has 0 spiro atoms. The Kier molecular flexibility index (Phi) is 4.46. The molecule has 1 heterocycles. The van der Waals surface area contributed by atoms with Crippen molar-refractivity contribution in [2.45, 2.75) is 18.1 Å². The highest BCUT2D eigenvalue weighted by atomic mass is 32.2. The molecule has 0 aromatic carbocycles. The fourth-order valence-electron chi connectivity index (χ4n) is 1.24. The van der Waals surface area contributed by atoms with Crippen LogP contribution in [0.25, 0.3) is 0 Å². The number of pyridine rings is 1. The number of aromatic nitrogens is 1. The smallest absolute Gasteiger partial charge is 0.303 e. The summed E-state index contributed by atoms with van der Waals surface area (Å²) in [6.45, 7) is 0. The Labute approximate surface area is 87.6 Å². The van der Waals surface area contributed by atoms with Gasteiger partial charge in [0.15, 0.2) is 0 Å². The van der Waals surface area contributed by atoms with Gasteiger partial charge in [-0.15, -0.1) is 0 Å². The fourth-order valence-corrected chi connectivity index (χ4v) is 2.01. The average molecular weight is 211 g/mol. The molecule has 0 aliphatic heterocycles. The lowest BCUT2D eigenvalue weighted by Crippen LogP contribution is -2.00. The van der Waals surface area contributed by atoms with Gasteiger partial charge >= 0.3 is 5.97 Å². The number of carbonyl (C=O) groups is 1. The van der Waals surface area contributed by atoms with Crippen LogP contribution in [0.2, 0.25) is 0 Å². The lowest BCUT2D eigenvalue weighted by Gasteiger charge is -2.12. The normalized spacial score (nSPS) is 12.4. The topological polar surface area (TPSA) is 50.2 Å². The molecule has 0 amide bonds. The van der Waals surface area contributed by atoms with E-state index in [0.29, 0.717) is 6.42 Å². The maximum atomic E-state index is 10.4. The first-order valence-corrected chi connectivity index (χ1v) is 5.67. The van der Waals surface area contributed by atoms with Crippen LogP contribution in [-0.2, 0) is 4.79 Å². The largest absolute Gasteiger partial charge is 0.481 e. The summed E-state index contributed by atoms with van der Waals surface area (Å²) in [5.41, 5.74) is 1.10. The molecule has 0 radical (unpaired) electrons. The van der Waals surface area contributed by atoms with Crippen LogP contribution in [0.3, 0.4) is 0 Å². The predicted octanol–water partition coefficient (Wildman–Crippen LogP) is 2.35. The van der Waals surface area contributed by atoms with Crippen molar-refractivity contribution >= 4 is 17.7 Å². The molecule has 0 aliphatic carbocycles. The fraction of sp³-hybridized carbons (Fsp3) is 0.400. The van der Waals surface area contributed by atoms with Crippen LogP contribution < -0.4 is 0 Å². The standard InChI is InChI=1S/C10H13NO2S/c1-14-9(4-5-10(12)13)8-3-2-6-11-7-8/h2-3,6-7,9H,4-5H2,1H3,(H,12,13). The summed E-state index contributed by atoms with van der Waals surface area (Å²) >= 11 is 1.66. The molecule has 14 heavy (non-hydrogen) atoms. The van der Waals surface area contributed by atoms with Crippen molar-refractivity contribution in [1.29, 1.82) is 0 Å². The molecule has 0 saturated heterocycles. The van der Waals surface area contributed by atoms with Crippen LogP contribution in [-0.4, -0.2) is 22.3 Å². The van der Waals surface area contributed by atoms with Crippen molar-refractivity contribution in [3.05, 3.63) is 30.1 Å². The van der Waals surface area contributed by atoms with E-state index in [4.69, 9.17) is 5.11 Å². The second-order valence-electron chi connectivity index (χ2n) is 2.94. The lowest BCUT2D eigenvalue weighted by atomic mass is 10.1. The summed E-state index contributed by atoms with van der Waals surface area (Å²) in [7, 11) is 0. The van der Waals surface area contributed by atoms with Crippen molar-refractivity contribution in [2.75, 3.05) is 6.26 Å². The van der Waals surface area contributed by atoms with E-state index in [9.17, 15) is 4.79 Å². The zero-order chi connectivity index (χ0) is 10.4. The van der Waals surface area contributed by atoms with Crippen molar-refractivity contribution in [3.8, 4) is 0 Å². The maximum absolute atomic E-state index is 10.4. The highest BCUT2D eigenvalue weighted by molar-refractivity contribution is 7.98. The molecule has 0 fully saturated rings. The van der Waals surface area contributed by atoms with Gasteiger partial charge in [-0.1, -0.05) is 6.07 Å². The Hall–Kier alpha value is -1.03. The van der Waals surface area contributed by atoms with Crippen LogP contribution in [0.1, 0.15) is 23.7 Å². The first-order chi connectivity index (χ1) is 6.74. The lowest BCUT2D eigenvalue weighted by molar-refractivity contribution is -0.137. The number of carboxylic acid groups (broad SMARTS) is 1. The molecule has 0 bridgehead atoms. The van der Waals surface area contributed by atoms with E-state index in [1.54, 1.807) is 24.2 Å². The number of nitrogens with zero attached hydrogens (tertiary/aromatic N) is 1. The van der Waals surface area contributed by atoms with Gasteiger partial charge in [-0.05, 0) is 24.3 Å². The molecule has 1 unspecified atom stereocenters. The van der Waals surface area contributed by atoms with Gasteiger partial charge in [-0.3, -0.25) is 9.78 Å². The van der Waals surface area contributed by atoms with E-state index >= 15 is 0 Å². The van der Waals surface area contributed by atoms with Crippen molar-refractivity contribution < 1.29 is 9.90 Å². The first kappa shape index (κ1) is 11.0. The van der Waals surface area contributed by atoms with Gasteiger partial charge < -0.3 is 5.11 Å². The van der Waals surface area contributed by atoms with E-state index in [0.717, 1.165) is 5.56 Å². The molecule has 3 nitrogen and oxygen atoms in total. The van der Waals surface area contributed by atoms with Gasteiger partial charge in [-0.2, -0.15) is 11.8 Å². The summed E-state index contributed by atoms with van der Waals surface area (Å²) < 4.78 is 0. The van der Waals surface area contributed by atoms with Crippen LogP contribution >= 0.6 is 11.8 Å². The Bertz CT molecular complexity index is 289. The number of rotatable bonds is 5. The third kappa shape index (κ3) is 3.38. The maximum Gasteiger partial charge on any atom is 0.303 e. The molecule has 1 atom stereocenters. The minimum absolute atomic E-state index is 0.209. The number of hydrogen-bond donors (Lipinski definition) is 1. The molecule has 1 N–H and O–H groups in total. The second-order valence-corrected chi connectivity index (χ2v) is 3.98. The molecule has 1 aromatic heterocycles. The zero-order valence-corrected chi connectivity index (χ0v) is 8.83. The molecular weight excluding hydrogens is 198 g/mol. The summed E-state index contributed by atoms with van der Waals surface area (Å²) in [5.74, 6) is -0.743. The molecule has 0 aliphatic rings. The van der Waals surface area contributed by atoms with E-state index < -0.39 is 5.97 Å². The van der Waals surface area contributed by atoms with E-state index in [1.165, 1.54) is 0 Å². The van der Waals surface area contributed by atoms with Gasteiger partial charge in [0, 0.05) is 24.1 Å². The number of hydrogen-bond acceptors (Lipinski definition) is 3. The minimum atomic E-state index is -0.743. The molecule has 1 aromatic rings. The van der Waals surface area contributed by atoms with Gasteiger partial charge in [-0.25, -0.2) is 0 Å². The van der Waals surface area contributed by atoms with E-state index in [1.807, 2.05) is 18.4 Å². The SMILES string of the molecule is CSC(CCC(=O)O)c1cccnc1. The quantitative estimate of drug-likeness (QED) is 0.812. The Morgan fingerprint density at radius 2 is 2.50 bits per heavy atom. The molecule has 1 rings (SSSR count). The monoisotopic (exact) mass is 211 g/mol. The average Bonchev–Trinajstić information content (AvgIpc) is 2.20.